The zero-order valence-electron chi connectivity index (χ0n) is 12.4. The molecule has 1 N–H and O–H groups in total. The molecule has 0 aromatic heterocycles. The molecule has 3 heteroatoms. The Morgan fingerprint density at radius 1 is 1.11 bits per heavy atom. The molecule has 106 valence electrons. The summed E-state index contributed by atoms with van der Waals surface area (Å²) in [5.74, 6) is 0.0395. The molecule has 0 bridgehead atoms. The Kier molecular flexibility index (Phi) is 12.0. The molecule has 3 nitrogen and oxygen atoms in total. The number of allylic oxidation sites excluding steroid dienone is 1. The number of nitrogens with zero attached hydrogens (tertiary/aromatic N) is 1. The van der Waals surface area contributed by atoms with Crippen molar-refractivity contribution in [3.8, 4) is 0 Å². The average molecular weight is 254 g/mol. The molecule has 1 amide bonds. The fourth-order valence-corrected chi connectivity index (χ4v) is 1.82. The maximum atomic E-state index is 11.5. The van der Waals surface area contributed by atoms with Gasteiger partial charge in [0.2, 0.25) is 5.91 Å². The molecule has 0 saturated carbocycles. The summed E-state index contributed by atoms with van der Waals surface area (Å²) in [7, 11) is 0. The number of carbonyl (C=O) groups is 1. The van der Waals surface area contributed by atoms with E-state index in [0.29, 0.717) is 0 Å². The number of hydrogen-bond acceptors (Lipinski definition) is 2. The summed E-state index contributed by atoms with van der Waals surface area (Å²) in [5, 5.41) is 2.92. The van der Waals surface area contributed by atoms with Crippen LogP contribution in [-0.2, 0) is 4.79 Å². The van der Waals surface area contributed by atoms with Crippen molar-refractivity contribution in [1.82, 2.24) is 10.2 Å². The Balaban J connectivity index is 3.49. The first-order valence-electron chi connectivity index (χ1n) is 7.41. The molecule has 0 fully saturated rings. The lowest BCUT2D eigenvalue weighted by atomic mass is 10.1. The van der Waals surface area contributed by atoms with Gasteiger partial charge in [-0.25, -0.2) is 0 Å². The molecule has 0 spiro atoms. The van der Waals surface area contributed by atoms with E-state index in [2.05, 4.69) is 31.0 Å². The van der Waals surface area contributed by atoms with Gasteiger partial charge in [-0.3, -0.25) is 4.79 Å². The van der Waals surface area contributed by atoms with Gasteiger partial charge in [0.1, 0.15) is 0 Å². The molecular formula is C15H30N2O. The summed E-state index contributed by atoms with van der Waals surface area (Å²) < 4.78 is 0. The van der Waals surface area contributed by atoms with Crippen molar-refractivity contribution in [3.05, 3.63) is 12.2 Å². The van der Waals surface area contributed by atoms with E-state index in [4.69, 9.17) is 0 Å². The number of hydrogen-bond donors (Lipinski definition) is 1. The van der Waals surface area contributed by atoms with Crippen LogP contribution >= 0.6 is 0 Å². The van der Waals surface area contributed by atoms with Gasteiger partial charge in [0.15, 0.2) is 0 Å². The van der Waals surface area contributed by atoms with Crippen LogP contribution in [0.5, 0.6) is 0 Å². The SMILES string of the molecule is CCCCCC/C=C/C(=O)NCCN(CC)CC. The van der Waals surface area contributed by atoms with Crippen LogP contribution in [0.25, 0.3) is 0 Å². The Hall–Kier alpha value is -0.830. The van der Waals surface area contributed by atoms with Crippen molar-refractivity contribution < 1.29 is 4.79 Å². The standard InChI is InChI=1S/C15H30N2O/c1-4-7-8-9-10-11-12-15(18)16-13-14-17(5-2)6-3/h11-12H,4-10,13-14H2,1-3H3,(H,16,18)/b12-11+. The summed E-state index contributed by atoms with van der Waals surface area (Å²) in [5.41, 5.74) is 0. The number of rotatable bonds is 11. The summed E-state index contributed by atoms with van der Waals surface area (Å²) in [6, 6.07) is 0. The van der Waals surface area contributed by atoms with Crippen molar-refractivity contribution >= 4 is 5.91 Å². The lowest BCUT2D eigenvalue weighted by molar-refractivity contribution is -0.116. The quantitative estimate of drug-likeness (QED) is 0.454. The molecule has 0 aliphatic rings. The number of likely N-dealkylation sites (N-methyl/N-ethyl adjacent to an activating group) is 1. The summed E-state index contributed by atoms with van der Waals surface area (Å²) in [6.07, 6.45) is 9.70. The van der Waals surface area contributed by atoms with E-state index < -0.39 is 0 Å². The Morgan fingerprint density at radius 2 is 1.83 bits per heavy atom. The van der Waals surface area contributed by atoms with Crippen LogP contribution in [0.4, 0.5) is 0 Å². The molecule has 0 aromatic carbocycles. The summed E-state index contributed by atoms with van der Waals surface area (Å²) >= 11 is 0. The first-order chi connectivity index (χ1) is 8.74. The maximum absolute atomic E-state index is 11.5. The third-order valence-electron chi connectivity index (χ3n) is 3.12. The first kappa shape index (κ1) is 17.2. The second-order valence-electron chi connectivity index (χ2n) is 4.57. The van der Waals surface area contributed by atoms with Crippen LogP contribution in [-0.4, -0.2) is 37.0 Å². The monoisotopic (exact) mass is 254 g/mol. The minimum absolute atomic E-state index is 0.0395. The largest absolute Gasteiger partial charge is 0.351 e. The predicted octanol–water partition coefficient (Wildman–Crippen LogP) is 2.97. The number of amides is 1. The van der Waals surface area contributed by atoms with Crippen molar-refractivity contribution in [3.63, 3.8) is 0 Å². The molecule has 0 rings (SSSR count). The summed E-state index contributed by atoms with van der Waals surface area (Å²) in [4.78, 5) is 13.8. The van der Waals surface area contributed by atoms with Gasteiger partial charge >= 0.3 is 0 Å². The Labute approximate surface area is 113 Å². The van der Waals surface area contributed by atoms with Crippen molar-refractivity contribution in [1.29, 1.82) is 0 Å². The highest BCUT2D eigenvalue weighted by Gasteiger charge is 1.99. The predicted molar refractivity (Wildman–Crippen MR) is 78.7 cm³/mol. The highest BCUT2D eigenvalue weighted by atomic mass is 16.1. The second kappa shape index (κ2) is 12.6. The minimum atomic E-state index is 0.0395. The van der Waals surface area contributed by atoms with Gasteiger partial charge in [0.25, 0.3) is 0 Å². The van der Waals surface area contributed by atoms with Crippen LogP contribution in [0.1, 0.15) is 52.9 Å². The van der Waals surface area contributed by atoms with Gasteiger partial charge in [-0.1, -0.05) is 46.1 Å². The first-order valence-corrected chi connectivity index (χ1v) is 7.41. The van der Waals surface area contributed by atoms with E-state index in [0.717, 1.165) is 32.6 Å². The highest BCUT2D eigenvalue weighted by Crippen LogP contribution is 2.02. The lowest BCUT2D eigenvalue weighted by Crippen LogP contribution is -2.34. The Morgan fingerprint density at radius 3 is 2.44 bits per heavy atom. The molecule has 0 unspecified atom stereocenters. The smallest absolute Gasteiger partial charge is 0.243 e. The molecule has 0 heterocycles. The molecule has 18 heavy (non-hydrogen) atoms. The van der Waals surface area contributed by atoms with Crippen LogP contribution in [0.15, 0.2) is 12.2 Å². The molecule has 0 aliphatic carbocycles. The van der Waals surface area contributed by atoms with Crippen molar-refractivity contribution in [2.75, 3.05) is 26.2 Å². The number of nitrogens with one attached hydrogen (secondary N) is 1. The second-order valence-corrected chi connectivity index (χ2v) is 4.57. The third-order valence-corrected chi connectivity index (χ3v) is 3.12. The molecule has 0 atom stereocenters. The summed E-state index contributed by atoms with van der Waals surface area (Å²) in [6.45, 7) is 10.2. The Bertz CT molecular complexity index is 223. The van der Waals surface area contributed by atoms with Gasteiger partial charge in [-0.2, -0.15) is 0 Å². The molecule has 0 aliphatic heterocycles. The van der Waals surface area contributed by atoms with Crippen molar-refractivity contribution in [2.24, 2.45) is 0 Å². The maximum Gasteiger partial charge on any atom is 0.243 e. The molecular weight excluding hydrogens is 224 g/mol. The normalized spacial score (nSPS) is 11.3. The zero-order valence-corrected chi connectivity index (χ0v) is 12.4. The van der Waals surface area contributed by atoms with E-state index in [-0.39, 0.29) is 5.91 Å². The van der Waals surface area contributed by atoms with Gasteiger partial charge in [0, 0.05) is 13.1 Å². The third kappa shape index (κ3) is 10.3. The van der Waals surface area contributed by atoms with Crippen LogP contribution < -0.4 is 5.32 Å². The lowest BCUT2D eigenvalue weighted by Gasteiger charge is -2.17. The fourth-order valence-electron chi connectivity index (χ4n) is 1.82. The van der Waals surface area contributed by atoms with E-state index in [1.54, 1.807) is 6.08 Å². The van der Waals surface area contributed by atoms with E-state index in [1.165, 1.54) is 25.7 Å². The highest BCUT2D eigenvalue weighted by molar-refractivity contribution is 5.87. The van der Waals surface area contributed by atoms with Crippen molar-refractivity contribution in [2.45, 2.75) is 52.9 Å². The van der Waals surface area contributed by atoms with Gasteiger partial charge < -0.3 is 10.2 Å². The van der Waals surface area contributed by atoms with E-state index >= 15 is 0 Å². The molecule has 0 aromatic rings. The van der Waals surface area contributed by atoms with Crippen LogP contribution in [0, 0.1) is 0 Å². The van der Waals surface area contributed by atoms with E-state index in [1.807, 2.05) is 6.08 Å². The average Bonchev–Trinajstić information content (AvgIpc) is 2.39. The molecule has 0 radical (unpaired) electrons. The van der Waals surface area contributed by atoms with Gasteiger partial charge in [-0.05, 0) is 32.0 Å². The molecule has 0 saturated heterocycles. The minimum Gasteiger partial charge on any atom is -0.351 e. The fraction of sp³-hybridized carbons (Fsp3) is 0.800. The topological polar surface area (TPSA) is 32.3 Å². The number of carbonyl (C=O) groups excluding carboxylic acids is 1. The van der Waals surface area contributed by atoms with E-state index in [9.17, 15) is 4.79 Å². The van der Waals surface area contributed by atoms with Gasteiger partial charge in [0.05, 0.1) is 0 Å². The van der Waals surface area contributed by atoms with Crippen LogP contribution in [0.3, 0.4) is 0 Å². The van der Waals surface area contributed by atoms with Crippen LogP contribution in [0.2, 0.25) is 0 Å². The zero-order chi connectivity index (χ0) is 13.6. The number of unbranched alkanes of at least 4 members (excludes halogenated alkanes) is 4. The van der Waals surface area contributed by atoms with Gasteiger partial charge in [-0.15, -0.1) is 0 Å².